The SMILES string of the molecule is CCCNc1ccccc1C(=O)NCCn1cc(C)cn1. The fourth-order valence-electron chi connectivity index (χ4n) is 2.06. The lowest BCUT2D eigenvalue weighted by molar-refractivity contribution is 0.0952. The van der Waals surface area contributed by atoms with E-state index in [0.717, 1.165) is 24.2 Å². The quantitative estimate of drug-likeness (QED) is 0.822. The van der Waals surface area contributed by atoms with E-state index in [1.54, 1.807) is 0 Å². The van der Waals surface area contributed by atoms with Gasteiger partial charge in [-0.1, -0.05) is 19.1 Å². The number of hydrogen-bond acceptors (Lipinski definition) is 3. The summed E-state index contributed by atoms with van der Waals surface area (Å²) in [7, 11) is 0. The summed E-state index contributed by atoms with van der Waals surface area (Å²) in [5.74, 6) is -0.0573. The molecule has 1 aromatic carbocycles. The molecule has 112 valence electrons. The summed E-state index contributed by atoms with van der Waals surface area (Å²) in [6, 6.07) is 7.58. The van der Waals surface area contributed by atoms with Crippen LogP contribution in [0.15, 0.2) is 36.7 Å². The number of rotatable bonds is 7. The van der Waals surface area contributed by atoms with Gasteiger partial charge in [-0.15, -0.1) is 0 Å². The molecule has 0 unspecified atom stereocenters. The van der Waals surface area contributed by atoms with Gasteiger partial charge in [-0.2, -0.15) is 5.10 Å². The van der Waals surface area contributed by atoms with Crippen molar-refractivity contribution >= 4 is 11.6 Å². The maximum atomic E-state index is 12.2. The molecule has 0 spiro atoms. The molecule has 0 saturated heterocycles. The Morgan fingerprint density at radius 3 is 2.81 bits per heavy atom. The Labute approximate surface area is 125 Å². The lowest BCUT2D eigenvalue weighted by atomic mass is 10.1. The van der Waals surface area contributed by atoms with E-state index < -0.39 is 0 Å². The summed E-state index contributed by atoms with van der Waals surface area (Å²) < 4.78 is 1.83. The van der Waals surface area contributed by atoms with Crippen molar-refractivity contribution in [1.29, 1.82) is 0 Å². The van der Waals surface area contributed by atoms with Gasteiger partial charge in [0, 0.05) is 25.0 Å². The van der Waals surface area contributed by atoms with E-state index >= 15 is 0 Å². The van der Waals surface area contributed by atoms with Crippen LogP contribution in [0.25, 0.3) is 0 Å². The molecule has 2 N–H and O–H groups in total. The van der Waals surface area contributed by atoms with Crippen LogP contribution in [0.4, 0.5) is 5.69 Å². The Bertz CT molecular complexity index is 591. The van der Waals surface area contributed by atoms with Gasteiger partial charge in [-0.25, -0.2) is 0 Å². The number of nitrogens with one attached hydrogen (secondary N) is 2. The smallest absolute Gasteiger partial charge is 0.253 e. The molecule has 0 aliphatic carbocycles. The lowest BCUT2D eigenvalue weighted by Crippen LogP contribution is -2.28. The van der Waals surface area contributed by atoms with Gasteiger partial charge in [-0.3, -0.25) is 9.48 Å². The van der Waals surface area contributed by atoms with E-state index in [0.29, 0.717) is 18.7 Å². The van der Waals surface area contributed by atoms with E-state index in [1.807, 2.05) is 48.3 Å². The number of aryl methyl sites for hydroxylation is 1. The summed E-state index contributed by atoms with van der Waals surface area (Å²) in [6.45, 7) is 6.18. The molecular formula is C16H22N4O. The number of carbonyl (C=O) groups excluding carboxylic acids is 1. The number of hydrogen-bond donors (Lipinski definition) is 2. The predicted octanol–water partition coefficient (Wildman–Crippen LogP) is 2.44. The third-order valence-electron chi connectivity index (χ3n) is 3.13. The summed E-state index contributed by atoms with van der Waals surface area (Å²) in [5.41, 5.74) is 2.69. The minimum absolute atomic E-state index is 0.0573. The molecule has 1 aromatic heterocycles. The largest absolute Gasteiger partial charge is 0.384 e. The first-order chi connectivity index (χ1) is 10.2. The van der Waals surface area contributed by atoms with Crippen LogP contribution in [0.1, 0.15) is 29.3 Å². The molecule has 1 heterocycles. The van der Waals surface area contributed by atoms with Crippen LogP contribution in [-0.4, -0.2) is 28.8 Å². The number of benzene rings is 1. The molecular weight excluding hydrogens is 264 g/mol. The number of amides is 1. The van der Waals surface area contributed by atoms with Crippen molar-refractivity contribution in [2.24, 2.45) is 0 Å². The topological polar surface area (TPSA) is 59.0 Å². The number of aromatic nitrogens is 2. The maximum absolute atomic E-state index is 12.2. The summed E-state index contributed by atoms with van der Waals surface area (Å²) >= 11 is 0. The van der Waals surface area contributed by atoms with Crippen LogP contribution in [0.3, 0.4) is 0 Å². The van der Waals surface area contributed by atoms with Crippen molar-refractivity contribution in [1.82, 2.24) is 15.1 Å². The minimum atomic E-state index is -0.0573. The van der Waals surface area contributed by atoms with E-state index in [2.05, 4.69) is 22.7 Å². The molecule has 0 saturated carbocycles. The fourth-order valence-corrected chi connectivity index (χ4v) is 2.06. The van der Waals surface area contributed by atoms with Crippen LogP contribution in [0.5, 0.6) is 0 Å². The second-order valence-corrected chi connectivity index (χ2v) is 5.01. The van der Waals surface area contributed by atoms with Crippen LogP contribution in [-0.2, 0) is 6.54 Å². The Morgan fingerprint density at radius 2 is 2.10 bits per heavy atom. The van der Waals surface area contributed by atoms with Crippen LogP contribution >= 0.6 is 0 Å². The molecule has 0 bridgehead atoms. The monoisotopic (exact) mass is 286 g/mol. The van der Waals surface area contributed by atoms with Gasteiger partial charge in [0.1, 0.15) is 0 Å². The first-order valence-electron chi connectivity index (χ1n) is 7.31. The highest BCUT2D eigenvalue weighted by molar-refractivity contribution is 5.99. The molecule has 0 aliphatic rings. The predicted molar refractivity (Wildman–Crippen MR) is 84.5 cm³/mol. The van der Waals surface area contributed by atoms with Gasteiger partial charge >= 0.3 is 0 Å². The van der Waals surface area contributed by atoms with E-state index in [-0.39, 0.29) is 5.91 Å². The number of nitrogens with zero attached hydrogens (tertiary/aromatic N) is 2. The molecule has 0 aliphatic heterocycles. The molecule has 1 amide bonds. The summed E-state index contributed by atoms with van der Waals surface area (Å²) in [5, 5.41) is 10.4. The zero-order chi connectivity index (χ0) is 15.1. The average Bonchev–Trinajstić information content (AvgIpc) is 2.91. The van der Waals surface area contributed by atoms with Crippen molar-refractivity contribution in [3.8, 4) is 0 Å². The van der Waals surface area contributed by atoms with Crippen LogP contribution in [0.2, 0.25) is 0 Å². The van der Waals surface area contributed by atoms with Crippen molar-refractivity contribution in [3.05, 3.63) is 47.8 Å². The van der Waals surface area contributed by atoms with E-state index in [4.69, 9.17) is 0 Å². The highest BCUT2D eigenvalue weighted by Crippen LogP contribution is 2.14. The van der Waals surface area contributed by atoms with Gasteiger partial charge in [0.15, 0.2) is 0 Å². The molecule has 2 rings (SSSR count). The minimum Gasteiger partial charge on any atom is -0.384 e. The van der Waals surface area contributed by atoms with Crippen molar-refractivity contribution in [3.63, 3.8) is 0 Å². The lowest BCUT2D eigenvalue weighted by Gasteiger charge is -2.11. The molecule has 0 radical (unpaired) electrons. The highest BCUT2D eigenvalue weighted by atomic mass is 16.1. The van der Waals surface area contributed by atoms with Crippen molar-refractivity contribution < 1.29 is 4.79 Å². The van der Waals surface area contributed by atoms with Gasteiger partial charge in [-0.05, 0) is 31.0 Å². The molecule has 5 heteroatoms. The second-order valence-electron chi connectivity index (χ2n) is 5.01. The Hall–Kier alpha value is -2.30. The number of para-hydroxylation sites is 1. The standard InChI is InChI=1S/C16H22N4O/c1-3-8-17-15-7-5-4-6-14(15)16(21)18-9-10-20-12-13(2)11-19-20/h4-7,11-12,17H,3,8-10H2,1-2H3,(H,18,21). The van der Waals surface area contributed by atoms with Gasteiger partial charge in [0.25, 0.3) is 5.91 Å². The first-order valence-corrected chi connectivity index (χ1v) is 7.31. The zero-order valence-electron chi connectivity index (χ0n) is 12.6. The Balaban J connectivity index is 1.90. The van der Waals surface area contributed by atoms with Crippen LogP contribution in [0, 0.1) is 6.92 Å². The molecule has 5 nitrogen and oxygen atoms in total. The third-order valence-corrected chi connectivity index (χ3v) is 3.13. The normalized spacial score (nSPS) is 10.4. The van der Waals surface area contributed by atoms with Crippen molar-refractivity contribution in [2.75, 3.05) is 18.4 Å². The highest BCUT2D eigenvalue weighted by Gasteiger charge is 2.09. The maximum Gasteiger partial charge on any atom is 0.253 e. The molecule has 0 atom stereocenters. The van der Waals surface area contributed by atoms with Gasteiger partial charge in [0.2, 0.25) is 0 Å². The number of carbonyl (C=O) groups is 1. The van der Waals surface area contributed by atoms with Gasteiger partial charge in [0.05, 0.1) is 18.3 Å². The van der Waals surface area contributed by atoms with E-state index in [1.165, 1.54) is 0 Å². The van der Waals surface area contributed by atoms with Crippen LogP contribution < -0.4 is 10.6 Å². The third kappa shape index (κ3) is 4.34. The van der Waals surface area contributed by atoms with Crippen molar-refractivity contribution in [2.45, 2.75) is 26.8 Å². The Morgan fingerprint density at radius 1 is 1.29 bits per heavy atom. The second kappa shape index (κ2) is 7.47. The van der Waals surface area contributed by atoms with Gasteiger partial charge < -0.3 is 10.6 Å². The molecule has 0 fully saturated rings. The number of anilines is 1. The molecule has 2 aromatic rings. The first kappa shape index (κ1) is 15.1. The fraction of sp³-hybridized carbons (Fsp3) is 0.375. The molecule has 21 heavy (non-hydrogen) atoms. The average molecular weight is 286 g/mol. The van der Waals surface area contributed by atoms with E-state index in [9.17, 15) is 4.79 Å². The Kier molecular flexibility index (Phi) is 5.37. The zero-order valence-corrected chi connectivity index (χ0v) is 12.6. The summed E-state index contributed by atoms with van der Waals surface area (Å²) in [6.07, 6.45) is 4.79. The summed E-state index contributed by atoms with van der Waals surface area (Å²) in [4.78, 5) is 12.2.